The van der Waals surface area contributed by atoms with Crippen molar-refractivity contribution >= 4 is 32.7 Å². The summed E-state index contributed by atoms with van der Waals surface area (Å²) in [5, 5.41) is 1.02. The molecule has 0 fully saturated rings. The van der Waals surface area contributed by atoms with Crippen LogP contribution in [0.1, 0.15) is 0 Å². The molecule has 0 atom stereocenters. The van der Waals surface area contributed by atoms with E-state index in [1.54, 1.807) is 18.5 Å². The van der Waals surface area contributed by atoms with Crippen LogP contribution in [0.5, 0.6) is 0 Å². The number of hydrogen-bond donors (Lipinski definition) is 2. The lowest BCUT2D eigenvalue weighted by atomic mass is 10.1. The first-order valence-corrected chi connectivity index (χ1v) is 6.42. The number of aromatic nitrogens is 3. The number of halogens is 1. The van der Waals surface area contributed by atoms with Gasteiger partial charge in [0.2, 0.25) is 0 Å². The molecule has 0 aliphatic carbocycles. The lowest BCUT2D eigenvalue weighted by molar-refractivity contribution is 1.15. The molecule has 0 spiro atoms. The molecule has 6 heteroatoms. The molecule has 0 bridgehead atoms. The fourth-order valence-electron chi connectivity index (χ4n) is 1.89. The Morgan fingerprint density at radius 1 is 1.05 bits per heavy atom. The van der Waals surface area contributed by atoms with Crippen LogP contribution in [0.3, 0.4) is 0 Å². The summed E-state index contributed by atoms with van der Waals surface area (Å²) in [5.41, 5.74) is 4.24. The normalized spacial score (nSPS) is 10.6. The van der Waals surface area contributed by atoms with Gasteiger partial charge in [0.05, 0.1) is 5.52 Å². The number of benzene rings is 1. The zero-order chi connectivity index (χ0) is 13.2. The Labute approximate surface area is 118 Å². The van der Waals surface area contributed by atoms with E-state index in [9.17, 15) is 0 Å². The van der Waals surface area contributed by atoms with Crippen LogP contribution in [0.2, 0.25) is 0 Å². The van der Waals surface area contributed by atoms with Crippen molar-refractivity contribution in [1.82, 2.24) is 15.0 Å². The third kappa shape index (κ3) is 2.16. The van der Waals surface area contributed by atoms with Gasteiger partial charge in [-0.1, -0.05) is 22.0 Å². The number of anilines is 1. The number of nitrogens with one attached hydrogen (secondary N) is 1. The number of rotatable bonds is 2. The molecule has 0 unspecified atom stereocenters. The summed E-state index contributed by atoms with van der Waals surface area (Å²) in [7, 11) is 0. The highest BCUT2D eigenvalue weighted by Crippen LogP contribution is 2.30. The topological polar surface area (TPSA) is 76.7 Å². The van der Waals surface area contributed by atoms with E-state index in [2.05, 4.69) is 36.3 Å². The van der Waals surface area contributed by atoms with Crippen molar-refractivity contribution in [3.05, 3.63) is 47.2 Å². The molecular formula is C13H10BrN5. The highest BCUT2D eigenvalue weighted by molar-refractivity contribution is 9.10. The van der Waals surface area contributed by atoms with Gasteiger partial charge in [-0.2, -0.15) is 0 Å². The minimum Gasteiger partial charge on any atom is -0.308 e. The Morgan fingerprint density at radius 3 is 2.79 bits per heavy atom. The van der Waals surface area contributed by atoms with Crippen molar-refractivity contribution in [2.75, 3.05) is 5.43 Å². The summed E-state index contributed by atoms with van der Waals surface area (Å²) >= 11 is 3.52. The van der Waals surface area contributed by atoms with Crippen molar-refractivity contribution in [2.45, 2.75) is 0 Å². The second-order valence-electron chi connectivity index (χ2n) is 3.90. The van der Waals surface area contributed by atoms with Gasteiger partial charge < -0.3 is 5.43 Å². The van der Waals surface area contributed by atoms with Crippen LogP contribution >= 0.6 is 15.9 Å². The van der Waals surface area contributed by atoms with E-state index in [1.807, 2.05) is 24.3 Å². The predicted molar refractivity (Wildman–Crippen MR) is 78.3 cm³/mol. The molecule has 2 heterocycles. The zero-order valence-electron chi connectivity index (χ0n) is 9.84. The van der Waals surface area contributed by atoms with Crippen molar-refractivity contribution in [3.63, 3.8) is 0 Å². The van der Waals surface area contributed by atoms with E-state index in [0.29, 0.717) is 11.6 Å². The smallest absolute Gasteiger partial charge is 0.163 e. The molecule has 0 saturated heterocycles. The first-order valence-electron chi connectivity index (χ1n) is 5.63. The number of nitrogens with two attached hydrogens (primary N) is 1. The van der Waals surface area contributed by atoms with E-state index in [1.165, 1.54) is 0 Å². The first kappa shape index (κ1) is 12.0. The molecule has 5 nitrogen and oxygen atoms in total. The van der Waals surface area contributed by atoms with Gasteiger partial charge in [0.25, 0.3) is 0 Å². The molecule has 94 valence electrons. The Kier molecular flexibility index (Phi) is 3.10. The first-order chi connectivity index (χ1) is 9.29. The monoisotopic (exact) mass is 315 g/mol. The van der Waals surface area contributed by atoms with Gasteiger partial charge in [-0.3, -0.25) is 4.98 Å². The highest BCUT2D eigenvalue weighted by Gasteiger charge is 2.10. The van der Waals surface area contributed by atoms with E-state index in [4.69, 9.17) is 5.84 Å². The molecule has 19 heavy (non-hydrogen) atoms. The van der Waals surface area contributed by atoms with Crippen LogP contribution in [0.25, 0.3) is 22.3 Å². The Morgan fingerprint density at radius 2 is 1.95 bits per heavy atom. The van der Waals surface area contributed by atoms with Crippen LogP contribution < -0.4 is 11.3 Å². The maximum Gasteiger partial charge on any atom is 0.163 e. The van der Waals surface area contributed by atoms with Crippen LogP contribution in [-0.4, -0.2) is 15.0 Å². The number of nitrogen functional groups attached to an aromatic ring is 1. The van der Waals surface area contributed by atoms with Crippen molar-refractivity contribution in [3.8, 4) is 11.4 Å². The maximum absolute atomic E-state index is 5.37. The van der Waals surface area contributed by atoms with Crippen LogP contribution in [0, 0.1) is 0 Å². The Balaban J connectivity index is 2.28. The Bertz CT molecular complexity index is 744. The third-order valence-corrected chi connectivity index (χ3v) is 3.45. The van der Waals surface area contributed by atoms with Crippen LogP contribution in [0.4, 0.5) is 5.82 Å². The average Bonchev–Trinajstić information content (AvgIpc) is 2.48. The maximum atomic E-state index is 5.37. The van der Waals surface area contributed by atoms with Gasteiger partial charge in [0, 0.05) is 33.9 Å². The van der Waals surface area contributed by atoms with E-state index in [0.717, 1.165) is 20.9 Å². The molecule has 0 radical (unpaired) electrons. The summed E-state index contributed by atoms with van der Waals surface area (Å²) in [5.74, 6) is 6.53. The predicted octanol–water partition coefficient (Wildman–Crippen LogP) is 2.74. The lowest BCUT2D eigenvalue weighted by Gasteiger charge is -2.07. The van der Waals surface area contributed by atoms with Gasteiger partial charge in [0.15, 0.2) is 5.82 Å². The summed E-state index contributed by atoms with van der Waals surface area (Å²) in [6.07, 6.45) is 3.41. The molecule has 1 aromatic carbocycles. The largest absolute Gasteiger partial charge is 0.308 e. The summed E-state index contributed by atoms with van der Waals surface area (Å²) in [6, 6.07) is 9.51. The van der Waals surface area contributed by atoms with Crippen molar-refractivity contribution in [2.24, 2.45) is 5.84 Å². The molecule has 3 aromatic rings. The average molecular weight is 316 g/mol. The van der Waals surface area contributed by atoms with E-state index < -0.39 is 0 Å². The lowest BCUT2D eigenvalue weighted by Crippen LogP contribution is -2.09. The van der Waals surface area contributed by atoms with Crippen LogP contribution in [0.15, 0.2) is 47.2 Å². The summed E-state index contributed by atoms with van der Waals surface area (Å²) in [6.45, 7) is 0. The molecule has 3 N–H and O–H groups in total. The number of nitrogens with zero attached hydrogens (tertiary/aromatic N) is 3. The second kappa shape index (κ2) is 4.91. The van der Waals surface area contributed by atoms with Gasteiger partial charge in [-0.25, -0.2) is 15.8 Å². The van der Waals surface area contributed by atoms with Gasteiger partial charge in [0.1, 0.15) is 5.82 Å². The number of hydrogen-bond acceptors (Lipinski definition) is 5. The fourth-order valence-corrected chi connectivity index (χ4v) is 2.34. The van der Waals surface area contributed by atoms with Gasteiger partial charge in [-0.05, 0) is 18.2 Å². The molecule has 2 aromatic heterocycles. The Hall–Kier alpha value is -2.05. The molecule has 0 aliphatic rings. The fraction of sp³-hybridized carbons (Fsp3) is 0. The number of fused-ring (bicyclic) bond motifs is 1. The quantitative estimate of drug-likeness (QED) is 0.561. The minimum absolute atomic E-state index is 0.567. The van der Waals surface area contributed by atoms with E-state index >= 15 is 0 Å². The van der Waals surface area contributed by atoms with Crippen molar-refractivity contribution < 1.29 is 0 Å². The summed E-state index contributed by atoms with van der Waals surface area (Å²) < 4.78 is 0.993. The highest BCUT2D eigenvalue weighted by atomic mass is 79.9. The standard InChI is InChI=1S/C13H10BrN5/c14-10-4-3-9(12-8(10)2-1-6-16-12)13-17-7-5-11(18-13)19-15/h1-7H,15H2,(H,17,18,19). The van der Waals surface area contributed by atoms with Gasteiger partial charge in [-0.15, -0.1) is 0 Å². The molecule has 3 rings (SSSR count). The molecule has 0 saturated carbocycles. The molecular weight excluding hydrogens is 306 g/mol. The number of hydrazine groups is 1. The summed E-state index contributed by atoms with van der Waals surface area (Å²) in [4.78, 5) is 13.0. The number of pyridine rings is 1. The van der Waals surface area contributed by atoms with Gasteiger partial charge >= 0.3 is 0 Å². The van der Waals surface area contributed by atoms with Crippen molar-refractivity contribution in [1.29, 1.82) is 0 Å². The molecule has 0 aliphatic heterocycles. The zero-order valence-corrected chi connectivity index (χ0v) is 11.4. The van der Waals surface area contributed by atoms with E-state index in [-0.39, 0.29) is 0 Å². The second-order valence-corrected chi connectivity index (χ2v) is 4.76. The van der Waals surface area contributed by atoms with Crippen LogP contribution in [-0.2, 0) is 0 Å². The third-order valence-electron chi connectivity index (χ3n) is 2.76. The minimum atomic E-state index is 0.567. The molecule has 0 amide bonds. The SMILES string of the molecule is NNc1ccnc(-c2ccc(Br)c3cccnc23)n1.